The lowest BCUT2D eigenvalue weighted by molar-refractivity contribution is -0.660. The predicted molar refractivity (Wildman–Crippen MR) is 147 cm³/mol. The minimum absolute atomic E-state index is 0.526. The van der Waals surface area contributed by atoms with Gasteiger partial charge in [-0.2, -0.15) is 0 Å². The van der Waals surface area contributed by atoms with Gasteiger partial charge in [-0.15, -0.1) is 11.3 Å². The van der Waals surface area contributed by atoms with Crippen molar-refractivity contribution in [2.24, 2.45) is 7.05 Å². The Kier molecular flexibility index (Phi) is 5.20. The Morgan fingerprint density at radius 2 is 1.56 bits per heavy atom. The maximum Gasteiger partial charge on any atom is 0.213 e. The molecule has 1 nitrogen and oxygen atoms in total. The summed E-state index contributed by atoms with van der Waals surface area (Å²) in [7, 11) is 2.14. The van der Waals surface area contributed by atoms with E-state index >= 15 is 0 Å². The Labute approximate surface area is 208 Å². The van der Waals surface area contributed by atoms with Gasteiger partial charge in [0, 0.05) is 38.7 Å². The molecule has 0 N–H and O–H groups in total. The zero-order valence-corrected chi connectivity index (χ0v) is 21.1. The van der Waals surface area contributed by atoms with E-state index in [1.807, 2.05) is 11.3 Å². The first-order valence-electron chi connectivity index (χ1n) is 13.0. The van der Waals surface area contributed by atoms with Crippen molar-refractivity contribution in [2.75, 3.05) is 0 Å². The van der Waals surface area contributed by atoms with Crippen LogP contribution in [0.4, 0.5) is 0 Å². The first kappa shape index (κ1) is 20.4. The third kappa shape index (κ3) is 3.75. The topological polar surface area (TPSA) is 3.88 Å². The Balaban J connectivity index is 1.59. The summed E-state index contributed by atoms with van der Waals surface area (Å²) in [5, 5.41) is 2.67. The molecule has 0 unspecified atom stereocenters. The van der Waals surface area contributed by atoms with E-state index in [9.17, 15) is 1.37 Å². The Morgan fingerprint density at radius 3 is 2.35 bits per heavy atom. The van der Waals surface area contributed by atoms with E-state index in [1.165, 1.54) is 65.7 Å². The molecule has 1 aliphatic rings. The van der Waals surface area contributed by atoms with E-state index in [0.29, 0.717) is 0 Å². The van der Waals surface area contributed by atoms with Gasteiger partial charge in [-0.3, -0.25) is 0 Å². The van der Waals surface area contributed by atoms with Crippen molar-refractivity contribution >= 4 is 31.5 Å². The normalized spacial score (nSPS) is 16.1. The molecule has 34 heavy (non-hydrogen) atoms. The van der Waals surface area contributed by atoms with Gasteiger partial charge in [0.25, 0.3) is 0 Å². The van der Waals surface area contributed by atoms with E-state index in [2.05, 4.69) is 98.4 Å². The lowest BCUT2D eigenvalue weighted by atomic mass is 9.81. The Morgan fingerprint density at radius 1 is 0.824 bits per heavy atom. The molecule has 0 atom stereocenters. The predicted octanol–water partition coefficient (Wildman–Crippen LogP) is 8.88. The molecule has 1 saturated carbocycles. The first-order valence-corrected chi connectivity index (χ1v) is 13.3. The van der Waals surface area contributed by atoms with E-state index in [-0.39, 0.29) is 0 Å². The highest BCUT2D eigenvalue weighted by Gasteiger charge is 2.25. The van der Waals surface area contributed by atoms with Crippen LogP contribution in [0.25, 0.3) is 42.6 Å². The zero-order chi connectivity index (χ0) is 24.2. The quantitative estimate of drug-likeness (QED) is 0.235. The molecule has 170 valence electrons. The molecule has 0 aliphatic heterocycles. The number of hydrogen-bond acceptors (Lipinski definition) is 1. The molecule has 0 saturated heterocycles. The monoisotopic (exact) mass is 463 g/mol. The lowest BCUT2D eigenvalue weighted by Crippen LogP contribution is -2.32. The number of aryl methyl sites for hydroxylation is 3. The van der Waals surface area contributed by atoms with E-state index in [4.69, 9.17) is 0 Å². The van der Waals surface area contributed by atoms with Crippen LogP contribution in [0.2, 0.25) is 0 Å². The number of aromatic nitrogens is 1. The third-order valence-electron chi connectivity index (χ3n) is 7.47. The summed E-state index contributed by atoms with van der Waals surface area (Å²) in [6.07, 6.45) is 7.66. The molecule has 1 aliphatic carbocycles. The molecule has 2 heterocycles. The van der Waals surface area contributed by atoms with E-state index < -0.39 is 5.89 Å². The van der Waals surface area contributed by atoms with E-state index in [0.717, 1.165) is 25.7 Å². The van der Waals surface area contributed by atoms with Crippen molar-refractivity contribution in [3.8, 4) is 22.4 Å². The number of fused-ring (bicyclic) bond motifs is 3. The Hall–Kier alpha value is -2.97. The summed E-state index contributed by atoms with van der Waals surface area (Å²) < 4.78 is 14.4. The van der Waals surface area contributed by atoms with Crippen LogP contribution in [0.1, 0.15) is 56.1 Å². The average Bonchev–Trinajstić information content (AvgIpc) is 3.21. The zero-order valence-electron chi connectivity index (χ0n) is 21.3. The van der Waals surface area contributed by atoms with Crippen molar-refractivity contribution in [3.05, 3.63) is 89.6 Å². The van der Waals surface area contributed by atoms with Gasteiger partial charge < -0.3 is 0 Å². The second-order valence-electron chi connectivity index (χ2n) is 9.89. The van der Waals surface area contributed by atoms with Gasteiger partial charge in [-0.25, -0.2) is 4.57 Å². The van der Waals surface area contributed by atoms with Crippen molar-refractivity contribution in [2.45, 2.75) is 51.8 Å². The maximum atomic E-state index is 9.53. The van der Waals surface area contributed by atoms with Crippen LogP contribution in [0.5, 0.6) is 0 Å². The number of rotatable bonds is 3. The largest absolute Gasteiger partial charge is 0.213 e. The molecule has 2 heteroatoms. The van der Waals surface area contributed by atoms with Gasteiger partial charge in [0.2, 0.25) is 5.69 Å². The second-order valence-corrected chi connectivity index (χ2v) is 11.0. The average molecular weight is 464 g/mol. The molecule has 0 bridgehead atoms. The van der Waals surface area contributed by atoms with Crippen LogP contribution in [-0.4, -0.2) is 0 Å². The molecular weight excluding hydrogens is 430 g/mol. The molecule has 0 radical (unpaired) electrons. The fraction of sp³-hybridized carbons (Fsp3) is 0.281. The molecule has 0 amide bonds. The van der Waals surface area contributed by atoms with E-state index in [1.54, 1.807) is 0 Å². The van der Waals surface area contributed by atoms with Crippen molar-refractivity contribution in [1.29, 1.82) is 0 Å². The van der Waals surface area contributed by atoms with Crippen LogP contribution in [0, 0.1) is 13.8 Å². The molecular formula is C32H32NS+. The summed E-state index contributed by atoms with van der Waals surface area (Å²) in [6.45, 7) is 4.34. The maximum absolute atomic E-state index is 9.53. The smallest absolute Gasteiger partial charge is 0.201 e. The molecule has 1 fully saturated rings. The highest BCUT2D eigenvalue weighted by atomic mass is 32.1. The second kappa shape index (κ2) is 8.67. The highest BCUT2D eigenvalue weighted by Crippen LogP contribution is 2.42. The summed E-state index contributed by atoms with van der Waals surface area (Å²) >= 11 is 1.88. The lowest BCUT2D eigenvalue weighted by Gasteiger charge is -2.24. The van der Waals surface area contributed by atoms with Crippen LogP contribution in [-0.2, 0) is 7.05 Å². The number of nitrogens with zero attached hydrogens (tertiary/aromatic N) is 1. The molecule has 2 aromatic heterocycles. The number of pyridine rings is 1. The van der Waals surface area contributed by atoms with Crippen molar-refractivity contribution in [1.82, 2.24) is 0 Å². The van der Waals surface area contributed by atoms with Crippen LogP contribution < -0.4 is 4.57 Å². The fourth-order valence-electron chi connectivity index (χ4n) is 5.60. The standard InChI is InChI=1S/C32H32NS/c1-21-13-15-26-27-16-14-24(18-32(27)34-31(26)17-21)28-19-30(25-12-8-7-9-22(25)2)33(3)20-29(28)23-10-5-4-6-11-23/h7-9,12-20,23H,4-6,10-11H2,1-3H3/q+1/i23D. The van der Waals surface area contributed by atoms with Crippen molar-refractivity contribution in [3.63, 3.8) is 0 Å². The van der Waals surface area contributed by atoms with Gasteiger partial charge >= 0.3 is 0 Å². The SMILES string of the molecule is [2H]C1(c2c[n+](C)c(-c3ccccc3C)cc2-c2ccc3c(c2)sc2cc(C)ccc23)CCCCC1. The summed E-state index contributed by atoms with van der Waals surface area (Å²) in [6, 6.07) is 24.7. The molecule has 3 aromatic carbocycles. The Bertz CT molecular complexity index is 1570. The fourth-order valence-corrected chi connectivity index (χ4v) is 6.84. The van der Waals surface area contributed by atoms with Gasteiger partial charge in [0.15, 0.2) is 6.20 Å². The highest BCUT2D eigenvalue weighted by molar-refractivity contribution is 7.25. The minimum Gasteiger partial charge on any atom is -0.201 e. The summed E-state index contributed by atoms with van der Waals surface area (Å²) in [5.41, 5.74) is 8.65. The molecule has 6 rings (SSSR count). The summed E-state index contributed by atoms with van der Waals surface area (Å²) in [4.78, 5) is 0. The van der Waals surface area contributed by atoms with Gasteiger partial charge in [0.05, 0.1) is 0 Å². The van der Waals surface area contributed by atoms with Gasteiger partial charge in [-0.05, 0) is 73.0 Å². The third-order valence-corrected chi connectivity index (χ3v) is 8.59. The van der Waals surface area contributed by atoms with Gasteiger partial charge in [-0.1, -0.05) is 61.7 Å². The first-order chi connectivity index (χ1) is 16.9. The van der Waals surface area contributed by atoms with Crippen LogP contribution in [0.15, 0.2) is 72.9 Å². The number of thiophene rings is 1. The van der Waals surface area contributed by atoms with Crippen LogP contribution in [0.3, 0.4) is 0 Å². The minimum atomic E-state index is -0.526. The molecule has 5 aromatic rings. The van der Waals surface area contributed by atoms with Crippen molar-refractivity contribution < 1.29 is 5.94 Å². The van der Waals surface area contributed by atoms with Crippen LogP contribution >= 0.6 is 11.3 Å². The number of hydrogen-bond donors (Lipinski definition) is 0. The van der Waals surface area contributed by atoms with Gasteiger partial charge in [0.1, 0.15) is 7.05 Å². The molecule has 0 spiro atoms. The summed E-state index contributed by atoms with van der Waals surface area (Å²) in [5.74, 6) is -0.526. The number of benzene rings is 3.